The van der Waals surface area contributed by atoms with Gasteiger partial charge >= 0.3 is 0 Å². The maximum Gasteiger partial charge on any atom is 0.163 e. The molecule has 1 aromatic carbocycles. The van der Waals surface area contributed by atoms with Gasteiger partial charge in [-0.2, -0.15) is 0 Å². The highest BCUT2D eigenvalue weighted by molar-refractivity contribution is 5.64. The first kappa shape index (κ1) is 26.2. The Kier molecular flexibility index (Phi) is 8.44. The molecular weight excluding hydrogens is 470 g/mol. The zero-order valence-corrected chi connectivity index (χ0v) is 22.2. The van der Waals surface area contributed by atoms with E-state index in [4.69, 9.17) is 24.2 Å². The van der Waals surface area contributed by atoms with Crippen molar-refractivity contribution in [2.45, 2.75) is 56.8 Å². The minimum absolute atomic E-state index is 0.0942. The van der Waals surface area contributed by atoms with Crippen LogP contribution in [0, 0.1) is 0 Å². The van der Waals surface area contributed by atoms with Crippen molar-refractivity contribution < 1.29 is 19.3 Å². The first-order valence-corrected chi connectivity index (χ1v) is 13.8. The average molecular weight is 512 g/mol. The normalized spacial score (nSPS) is 20.5. The van der Waals surface area contributed by atoms with Crippen LogP contribution in [0.25, 0.3) is 11.4 Å². The van der Waals surface area contributed by atoms with Gasteiger partial charge in [0.2, 0.25) is 0 Å². The molecule has 1 spiro atoms. The molecule has 3 aliphatic heterocycles. The summed E-state index contributed by atoms with van der Waals surface area (Å²) >= 11 is 0. The molecule has 0 bridgehead atoms. The Hall–Kier alpha value is -2.46. The number of anilines is 2. The largest absolute Gasteiger partial charge is 0.491 e. The molecule has 0 aliphatic carbocycles. The minimum Gasteiger partial charge on any atom is -0.491 e. The Labute approximate surface area is 220 Å². The van der Waals surface area contributed by atoms with Crippen LogP contribution in [0.1, 0.15) is 39.0 Å². The van der Waals surface area contributed by atoms with Crippen LogP contribution in [-0.2, 0) is 9.47 Å². The summed E-state index contributed by atoms with van der Waals surface area (Å²) in [4.78, 5) is 14.7. The molecule has 37 heavy (non-hydrogen) atoms. The zero-order valence-electron chi connectivity index (χ0n) is 22.2. The number of nitrogens with zero attached hydrogens (tertiary/aromatic N) is 4. The predicted octanol–water partition coefficient (Wildman–Crippen LogP) is 2.87. The Bertz CT molecular complexity index is 1020. The highest BCUT2D eigenvalue weighted by Crippen LogP contribution is 2.38. The van der Waals surface area contributed by atoms with Gasteiger partial charge in [-0.15, -0.1) is 0 Å². The lowest BCUT2D eigenvalue weighted by Crippen LogP contribution is -2.52. The fourth-order valence-electron chi connectivity index (χ4n) is 5.37. The summed E-state index contributed by atoms with van der Waals surface area (Å²) in [6.07, 6.45) is 4.67. The molecule has 202 valence electrons. The molecule has 5 rings (SSSR count). The third-order valence-electron chi connectivity index (χ3n) is 7.93. The number of piperidine rings is 1. The first-order chi connectivity index (χ1) is 18.0. The van der Waals surface area contributed by atoms with Gasteiger partial charge in [-0.3, -0.25) is 0 Å². The maximum atomic E-state index is 10.1. The molecule has 2 N–H and O–H groups in total. The maximum absolute atomic E-state index is 10.1. The minimum atomic E-state index is -0.565. The van der Waals surface area contributed by atoms with Crippen LogP contribution in [0.5, 0.6) is 5.75 Å². The third-order valence-corrected chi connectivity index (χ3v) is 7.93. The number of benzene rings is 1. The van der Waals surface area contributed by atoms with E-state index < -0.39 is 6.10 Å². The third kappa shape index (κ3) is 6.34. The summed E-state index contributed by atoms with van der Waals surface area (Å²) in [5.74, 6) is 3.27. The second-order valence-corrected chi connectivity index (χ2v) is 10.4. The molecule has 0 saturated carbocycles. The standard InChI is InChI=1S/C28H41N5O4/c1-3-29-19-23(34)20-36-24-6-4-5-21(17-24)27-30-25(32(2)22-7-14-35-15-8-22)18-26(31-27)33-12-9-28(10-13-33)11-16-37-28/h4-6,17-18,22-23,29,34H,3,7-16,19-20H2,1-2H3. The molecule has 1 atom stereocenters. The lowest BCUT2D eigenvalue weighted by molar-refractivity contribution is -0.158. The number of rotatable bonds is 10. The van der Waals surface area contributed by atoms with Gasteiger partial charge in [-0.05, 0) is 50.8 Å². The monoisotopic (exact) mass is 511 g/mol. The summed E-state index contributed by atoms with van der Waals surface area (Å²) in [6, 6.07) is 10.4. The van der Waals surface area contributed by atoms with Crippen LogP contribution in [0.15, 0.2) is 30.3 Å². The molecule has 2 aromatic rings. The van der Waals surface area contributed by atoms with Crippen LogP contribution in [-0.4, -0.2) is 92.5 Å². The van der Waals surface area contributed by atoms with Gasteiger partial charge in [0.15, 0.2) is 5.82 Å². The lowest BCUT2D eigenvalue weighted by atomic mass is 9.84. The molecule has 1 aromatic heterocycles. The Morgan fingerprint density at radius 3 is 2.65 bits per heavy atom. The number of aliphatic hydroxyl groups is 1. The van der Waals surface area contributed by atoms with E-state index in [2.05, 4.69) is 28.2 Å². The van der Waals surface area contributed by atoms with Crippen molar-refractivity contribution >= 4 is 11.6 Å². The number of nitrogens with one attached hydrogen (secondary N) is 1. The van der Waals surface area contributed by atoms with Crippen molar-refractivity contribution in [1.29, 1.82) is 0 Å². The van der Waals surface area contributed by atoms with Gasteiger partial charge in [-0.25, -0.2) is 9.97 Å². The van der Waals surface area contributed by atoms with Crippen molar-refractivity contribution in [2.24, 2.45) is 0 Å². The van der Waals surface area contributed by atoms with Crippen molar-refractivity contribution in [3.8, 4) is 17.1 Å². The lowest BCUT2D eigenvalue weighted by Gasteiger charge is -2.48. The van der Waals surface area contributed by atoms with Crippen molar-refractivity contribution in [3.63, 3.8) is 0 Å². The van der Waals surface area contributed by atoms with E-state index in [0.29, 0.717) is 24.2 Å². The predicted molar refractivity (Wildman–Crippen MR) is 145 cm³/mol. The van der Waals surface area contributed by atoms with E-state index >= 15 is 0 Å². The quantitative estimate of drug-likeness (QED) is 0.500. The van der Waals surface area contributed by atoms with E-state index in [9.17, 15) is 5.11 Å². The summed E-state index contributed by atoms with van der Waals surface area (Å²) in [5, 5.41) is 13.3. The molecule has 0 radical (unpaired) electrons. The summed E-state index contributed by atoms with van der Waals surface area (Å²) in [7, 11) is 2.13. The van der Waals surface area contributed by atoms with Gasteiger partial charge < -0.3 is 34.4 Å². The summed E-state index contributed by atoms with van der Waals surface area (Å²) in [6.45, 7) is 7.89. The number of hydrogen-bond acceptors (Lipinski definition) is 9. The van der Waals surface area contributed by atoms with Crippen molar-refractivity contribution in [1.82, 2.24) is 15.3 Å². The highest BCUT2D eigenvalue weighted by atomic mass is 16.5. The second-order valence-electron chi connectivity index (χ2n) is 10.4. The summed E-state index contributed by atoms with van der Waals surface area (Å²) < 4.78 is 17.4. The first-order valence-electron chi connectivity index (χ1n) is 13.8. The van der Waals surface area contributed by atoms with Gasteiger partial charge in [-0.1, -0.05) is 19.1 Å². The van der Waals surface area contributed by atoms with Crippen molar-refractivity contribution in [2.75, 3.05) is 69.5 Å². The van der Waals surface area contributed by atoms with E-state index in [1.807, 2.05) is 31.2 Å². The number of hydrogen-bond donors (Lipinski definition) is 2. The van der Waals surface area contributed by atoms with E-state index in [-0.39, 0.29) is 12.2 Å². The van der Waals surface area contributed by atoms with E-state index in [0.717, 1.165) is 82.3 Å². The molecule has 1 unspecified atom stereocenters. The van der Waals surface area contributed by atoms with E-state index in [1.165, 1.54) is 6.42 Å². The summed E-state index contributed by atoms with van der Waals surface area (Å²) in [5.41, 5.74) is 0.995. The van der Waals surface area contributed by atoms with Crippen molar-refractivity contribution in [3.05, 3.63) is 30.3 Å². The molecule has 9 nitrogen and oxygen atoms in total. The Morgan fingerprint density at radius 1 is 1.16 bits per heavy atom. The van der Waals surface area contributed by atoms with Gasteiger partial charge in [0.05, 0.1) is 12.2 Å². The number of aromatic nitrogens is 2. The fourth-order valence-corrected chi connectivity index (χ4v) is 5.37. The number of likely N-dealkylation sites (N-methyl/N-ethyl adjacent to an activating group) is 1. The van der Waals surface area contributed by atoms with Gasteiger partial charge in [0.1, 0.15) is 30.1 Å². The van der Waals surface area contributed by atoms with Crippen LogP contribution in [0.4, 0.5) is 11.6 Å². The van der Waals surface area contributed by atoms with Crippen LogP contribution < -0.4 is 19.9 Å². The van der Waals surface area contributed by atoms with Gasteiger partial charge in [0, 0.05) is 57.6 Å². The molecule has 9 heteroatoms. The molecule has 3 saturated heterocycles. The Morgan fingerprint density at radius 2 is 1.95 bits per heavy atom. The fraction of sp³-hybridized carbons (Fsp3) is 0.643. The SMILES string of the molecule is CCNCC(O)COc1cccc(-c2nc(N3CCC4(CCO4)CC3)cc(N(C)C3CCOCC3)n2)c1. The smallest absolute Gasteiger partial charge is 0.163 e. The number of ether oxygens (including phenoxy) is 3. The topological polar surface area (TPSA) is 92.2 Å². The van der Waals surface area contributed by atoms with Crippen LogP contribution in [0.3, 0.4) is 0 Å². The van der Waals surface area contributed by atoms with E-state index in [1.54, 1.807) is 0 Å². The molecule has 4 heterocycles. The zero-order chi connectivity index (χ0) is 25.7. The Balaban J connectivity index is 1.38. The molecular formula is C28H41N5O4. The molecule has 3 fully saturated rings. The van der Waals surface area contributed by atoms with Crippen LogP contribution in [0.2, 0.25) is 0 Å². The highest BCUT2D eigenvalue weighted by Gasteiger charge is 2.41. The molecule has 0 amide bonds. The molecule has 3 aliphatic rings. The second kappa shape index (κ2) is 11.9. The van der Waals surface area contributed by atoms with Crippen LogP contribution >= 0.6 is 0 Å². The average Bonchev–Trinajstić information content (AvgIpc) is 2.94. The number of aliphatic hydroxyl groups excluding tert-OH is 1. The van der Waals surface area contributed by atoms with Gasteiger partial charge in [0.25, 0.3) is 0 Å².